The molecule has 0 amide bonds. The van der Waals surface area contributed by atoms with E-state index in [1.807, 2.05) is 48.5 Å². The predicted molar refractivity (Wildman–Crippen MR) is 139 cm³/mol. The summed E-state index contributed by atoms with van der Waals surface area (Å²) in [6, 6.07) is 33.4. The first-order valence-corrected chi connectivity index (χ1v) is 12.0. The molecule has 0 bridgehead atoms. The summed E-state index contributed by atoms with van der Waals surface area (Å²) in [5, 5.41) is 0. The summed E-state index contributed by atoms with van der Waals surface area (Å²) < 4.78 is 16.6. The normalized spacial score (nSPS) is 10.4. The van der Waals surface area contributed by atoms with Crippen LogP contribution in [-0.4, -0.2) is 25.2 Å². The van der Waals surface area contributed by atoms with Gasteiger partial charge in [0.2, 0.25) is 0 Å². The van der Waals surface area contributed by atoms with Crippen molar-refractivity contribution in [3.8, 4) is 11.5 Å². The lowest BCUT2D eigenvalue weighted by Gasteiger charge is -2.09. The molecule has 0 N–H and O–H groups in total. The van der Waals surface area contributed by atoms with Crippen molar-refractivity contribution >= 4 is 11.9 Å². The van der Waals surface area contributed by atoms with Gasteiger partial charge in [0.1, 0.15) is 11.5 Å². The van der Waals surface area contributed by atoms with Crippen molar-refractivity contribution in [1.82, 2.24) is 0 Å². The number of aryl methyl sites for hydroxylation is 1. The highest BCUT2D eigenvalue weighted by molar-refractivity contribution is 5.92. The van der Waals surface area contributed by atoms with Crippen LogP contribution >= 0.6 is 0 Å². The predicted octanol–water partition coefficient (Wildman–Crippen LogP) is 6.32. The molecule has 0 radical (unpaired) electrons. The number of esters is 2. The zero-order valence-electron chi connectivity index (χ0n) is 20.0. The van der Waals surface area contributed by atoms with Gasteiger partial charge in [-0.15, -0.1) is 0 Å². The van der Waals surface area contributed by atoms with Crippen LogP contribution in [0, 0.1) is 0 Å². The molecule has 5 nitrogen and oxygen atoms in total. The van der Waals surface area contributed by atoms with Crippen molar-refractivity contribution in [3.63, 3.8) is 0 Å². The standard InChI is InChI=1S/C31H28O5/c32-30(35-21-8-13-24-9-3-1-4-10-24)27-14-7-15-29(23-27)36-31(33)26-16-18-28(19-17-26)34-22-20-25-11-5-2-6-12-25/h1-7,9-12,14-19,23H,8,13,20-22H2. The summed E-state index contributed by atoms with van der Waals surface area (Å²) >= 11 is 0. The molecule has 5 heteroatoms. The van der Waals surface area contributed by atoms with Gasteiger partial charge in [0.15, 0.2) is 0 Å². The van der Waals surface area contributed by atoms with Crippen molar-refractivity contribution in [2.75, 3.05) is 13.2 Å². The second-order valence-electron chi connectivity index (χ2n) is 8.25. The van der Waals surface area contributed by atoms with E-state index >= 15 is 0 Å². The van der Waals surface area contributed by atoms with Crippen molar-refractivity contribution in [3.05, 3.63) is 131 Å². The Bertz CT molecular complexity index is 1250. The number of hydrogen-bond donors (Lipinski definition) is 0. The lowest BCUT2D eigenvalue weighted by atomic mass is 10.1. The maximum absolute atomic E-state index is 12.6. The van der Waals surface area contributed by atoms with Crippen molar-refractivity contribution in [2.24, 2.45) is 0 Å². The second-order valence-corrected chi connectivity index (χ2v) is 8.25. The number of hydrogen-bond acceptors (Lipinski definition) is 5. The Balaban J connectivity index is 1.23. The van der Waals surface area contributed by atoms with Crippen LogP contribution in [0.25, 0.3) is 0 Å². The SMILES string of the molecule is O=C(OCCCc1ccccc1)c1cccc(OC(=O)c2ccc(OCCc3ccccc3)cc2)c1. The minimum atomic E-state index is -0.515. The Morgan fingerprint density at radius 3 is 1.92 bits per heavy atom. The van der Waals surface area contributed by atoms with Gasteiger partial charge in [0, 0.05) is 6.42 Å². The fraction of sp³-hybridized carbons (Fsp3) is 0.161. The van der Waals surface area contributed by atoms with Gasteiger partial charge in [0.25, 0.3) is 0 Å². The van der Waals surface area contributed by atoms with Gasteiger partial charge < -0.3 is 14.2 Å². The molecular formula is C31H28O5. The molecule has 0 atom stereocenters. The molecular weight excluding hydrogens is 452 g/mol. The lowest BCUT2D eigenvalue weighted by Crippen LogP contribution is -2.10. The van der Waals surface area contributed by atoms with E-state index in [4.69, 9.17) is 14.2 Å². The topological polar surface area (TPSA) is 61.8 Å². The van der Waals surface area contributed by atoms with Crippen LogP contribution in [0.1, 0.15) is 38.3 Å². The Labute approximate surface area is 211 Å². The summed E-state index contributed by atoms with van der Waals surface area (Å²) in [5.41, 5.74) is 3.13. The molecule has 36 heavy (non-hydrogen) atoms. The summed E-state index contributed by atoms with van der Waals surface area (Å²) in [5.74, 6) is -0.00131. The van der Waals surface area contributed by atoms with Crippen LogP contribution in [0.15, 0.2) is 109 Å². The molecule has 4 aromatic rings. The van der Waals surface area contributed by atoms with E-state index in [1.165, 1.54) is 17.2 Å². The quantitative estimate of drug-likeness (QED) is 0.143. The van der Waals surface area contributed by atoms with E-state index in [1.54, 1.807) is 42.5 Å². The van der Waals surface area contributed by atoms with Gasteiger partial charge >= 0.3 is 11.9 Å². The fourth-order valence-corrected chi connectivity index (χ4v) is 3.64. The molecule has 0 unspecified atom stereocenters. The minimum Gasteiger partial charge on any atom is -0.493 e. The third-order valence-electron chi connectivity index (χ3n) is 5.56. The van der Waals surface area contributed by atoms with E-state index in [9.17, 15) is 9.59 Å². The first-order chi connectivity index (χ1) is 17.7. The Morgan fingerprint density at radius 2 is 1.22 bits per heavy atom. The molecule has 0 saturated carbocycles. The molecule has 4 aromatic carbocycles. The molecule has 0 spiro atoms. The van der Waals surface area contributed by atoms with Crippen molar-refractivity contribution in [2.45, 2.75) is 19.3 Å². The van der Waals surface area contributed by atoms with Crippen LogP contribution in [-0.2, 0) is 17.6 Å². The number of rotatable bonds is 11. The molecule has 0 fully saturated rings. The van der Waals surface area contributed by atoms with Crippen LogP contribution in [0.4, 0.5) is 0 Å². The smallest absolute Gasteiger partial charge is 0.343 e. The van der Waals surface area contributed by atoms with Crippen molar-refractivity contribution < 1.29 is 23.8 Å². The van der Waals surface area contributed by atoms with Crippen LogP contribution in [0.5, 0.6) is 11.5 Å². The van der Waals surface area contributed by atoms with Gasteiger partial charge in [-0.3, -0.25) is 0 Å². The second kappa shape index (κ2) is 12.9. The van der Waals surface area contributed by atoms with E-state index in [2.05, 4.69) is 12.1 Å². The highest BCUT2D eigenvalue weighted by atomic mass is 16.5. The van der Waals surface area contributed by atoms with E-state index in [0.717, 1.165) is 19.3 Å². The van der Waals surface area contributed by atoms with E-state index in [0.29, 0.717) is 30.1 Å². The molecule has 0 aliphatic heterocycles. The molecule has 0 aromatic heterocycles. The minimum absolute atomic E-state index is 0.280. The zero-order valence-corrected chi connectivity index (χ0v) is 20.0. The molecule has 182 valence electrons. The van der Waals surface area contributed by atoms with Gasteiger partial charge in [-0.05, 0) is 66.4 Å². The summed E-state index contributed by atoms with van der Waals surface area (Å²) in [6.45, 7) is 0.862. The Kier molecular flexibility index (Phi) is 8.87. The number of benzene rings is 4. The molecule has 0 aliphatic carbocycles. The highest BCUT2D eigenvalue weighted by Gasteiger charge is 2.12. The summed E-state index contributed by atoms with van der Waals surface area (Å²) in [4.78, 5) is 25.0. The number of carbonyl (C=O) groups excluding carboxylic acids is 2. The average Bonchev–Trinajstić information content (AvgIpc) is 2.93. The van der Waals surface area contributed by atoms with Crippen LogP contribution in [0.2, 0.25) is 0 Å². The van der Waals surface area contributed by atoms with Gasteiger partial charge in [-0.25, -0.2) is 9.59 Å². The first kappa shape index (κ1) is 24.7. The van der Waals surface area contributed by atoms with Crippen LogP contribution < -0.4 is 9.47 Å². The molecule has 0 aliphatic rings. The fourth-order valence-electron chi connectivity index (χ4n) is 3.64. The largest absolute Gasteiger partial charge is 0.493 e. The summed E-state index contributed by atoms with van der Waals surface area (Å²) in [6.07, 6.45) is 2.37. The zero-order chi connectivity index (χ0) is 25.0. The molecule has 4 rings (SSSR count). The third-order valence-corrected chi connectivity index (χ3v) is 5.56. The van der Waals surface area contributed by atoms with Crippen molar-refractivity contribution in [1.29, 1.82) is 0 Å². The Morgan fingerprint density at radius 1 is 0.556 bits per heavy atom. The number of carbonyl (C=O) groups is 2. The lowest BCUT2D eigenvalue weighted by molar-refractivity contribution is 0.0498. The molecule has 0 saturated heterocycles. The van der Waals surface area contributed by atoms with E-state index < -0.39 is 11.9 Å². The number of ether oxygens (including phenoxy) is 3. The van der Waals surface area contributed by atoms with Gasteiger partial charge in [-0.2, -0.15) is 0 Å². The van der Waals surface area contributed by atoms with E-state index in [-0.39, 0.29) is 5.75 Å². The average molecular weight is 481 g/mol. The summed E-state index contributed by atoms with van der Waals surface area (Å²) in [7, 11) is 0. The maximum Gasteiger partial charge on any atom is 0.343 e. The third kappa shape index (κ3) is 7.57. The van der Waals surface area contributed by atoms with Crippen LogP contribution in [0.3, 0.4) is 0 Å². The maximum atomic E-state index is 12.6. The highest BCUT2D eigenvalue weighted by Crippen LogP contribution is 2.18. The Hall–Kier alpha value is -4.38. The monoisotopic (exact) mass is 480 g/mol. The molecule has 0 heterocycles. The van der Waals surface area contributed by atoms with Gasteiger partial charge in [-0.1, -0.05) is 66.7 Å². The van der Waals surface area contributed by atoms with Gasteiger partial charge in [0.05, 0.1) is 24.3 Å². The first-order valence-electron chi connectivity index (χ1n) is 12.0.